The van der Waals surface area contributed by atoms with Crippen LogP contribution >= 0.6 is 0 Å². The van der Waals surface area contributed by atoms with E-state index in [0.29, 0.717) is 23.8 Å². The van der Waals surface area contributed by atoms with Crippen LogP contribution in [0.15, 0.2) is 30.6 Å². The molecular weight excluding hydrogens is 395 g/mol. The van der Waals surface area contributed by atoms with E-state index in [9.17, 15) is 9.18 Å². The number of halogens is 1. The molecule has 0 saturated carbocycles. The molecule has 1 amide bonds. The number of carbonyl (C=O) groups is 1. The molecule has 1 atom stereocenters. The van der Waals surface area contributed by atoms with Gasteiger partial charge in [-0.3, -0.25) is 4.79 Å². The molecule has 1 aromatic heterocycles. The smallest absolute Gasteiger partial charge is 0.222 e. The summed E-state index contributed by atoms with van der Waals surface area (Å²) < 4.78 is 22.6. The number of rotatable bonds is 5. The van der Waals surface area contributed by atoms with Crippen molar-refractivity contribution in [1.29, 1.82) is 0 Å². The van der Waals surface area contributed by atoms with Gasteiger partial charge in [-0.2, -0.15) is 5.10 Å². The predicted octanol–water partition coefficient (Wildman–Crippen LogP) is 4.23. The van der Waals surface area contributed by atoms with Gasteiger partial charge in [0, 0.05) is 62.2 Å². The van der Waals surface area contributed by atoms with Gasteiger partial charge >= 0.3 is 0 Å². The van der Waals surface area contributed by atoms with Gasteiger partial charge in [0.25, 0.3) is 0 Å². The van der Waals surface area contributed by atoms with Crippen LogP contribution in [0.25, 0.3) is 11.1 Å². The van der Waals surface area contributed by atoms with Gasteiger partial charge in [0.2, 0.25) is 5.91 Å². The second-order valence-electron chi connectivity index (χ2n) is 9.07. The fraction of sp³-hybridized carbons (Fsp3) is 0.583. The third kappa shape index (κ3) is 4.47. The summed E-state index contributed by atoms with van der Waals surface area (Å²) in [4.78, 5) is 16.2. The first-order valence-electron chi connectivity index (χ1n) is 11.7. The highest BCUT2D eigenvalue weighted by Crippen LogP contribution is 2.31. The summed E-state index contributed by atoms with van der Waals surface area (Å²) in [6.07, 6.45) is 10.5. The van der Waals surface area contributed by atoms with Crippen molar-refractivity contribution in [1.82, 2.24) is 14.7 Å². The molecule has 2 aromatic rings. The lowest BCUT2D eigenvalue weighted by Crippen LogP contribution is -2.39. The van der Waals surface area contributed by atoms with Crippen molar-refractivity contribution in [3.8, 4) is 11.1 Å². The quantitative estimate of drug-likeness (QED) is 0.718. The van der Waals surface area contributed by atoms with Gasteiger partial charge in [0.1, 0.15) is 12.0 Å². The number of amides is 1. The van der Waals surface area contributed by atoms with Crippen LogP contribution in [0, 0.1) is 11.7 Å². The minimum atomic E-state index is -0.216. The molecule has 7 heteroatoms. The highest BCUT2D eigenvalue weighted by Gasteiger charge is 2.26. The fourth-order valence-electron chi connectivity index (χ4n) is 5.08. The van der Waals surface area contributed by atoms with Gasteiger partial charge in [-0.05, 0) is 62.6 Å². The summed E-state index contributed by atoms with van der Waals surface area (Å²) in [5.41, 5.74) is 2.29. The maximum atomic E-state index is 15.0. The first kappa shape index (κ1) is 20.5. The largest absolute Gasteiger partial charge is 0.371 e. The van der Waals surface area contributed by atoms with Crippen molar-refractivity contribution in [3.05, 3.63) is 36.4 Å². The van der Waals surface area contributed by atoms with Gasteiger partial charge in [-0.25, -0.2) is 9.07 Å². The van der Waals surface area contributed by atoms with Crippen LogP contribution in [-0.4, -0.2) is 53.4 Å². The first-order valence-corrected chi connectivity index (χ1v) is 11.7. The molecule has 0 radical (unpaired) electrons. The van der Waals surface area contributed by atoms with Crippen LogP contribution in [0.4, 0.5) is 10.1 Å². The number of nitrogens with zero attached hydrogens (tertiary/aromatic N) is 4. The zero-order valence-corrected chi connectivity index (χ0v) is 18.0. The maximum absolute atomic E-state index is 15.0. The average molecular weight is 427 g/mol. The molecule has 6 nitrogen and oxygen atoms in total. The molecule has 3 fully saturated rings. The number of aromatic nitrogens is 2. The van der Waals surface area contributed by atoms with E-state index in [-0.39, 0.29) is 12.0 Å². The van der Waals surface area contributed by atoms with Crippen LogP contribution in [0.3, 0.4) is 0 Å². The van der Waals surface area contributed by atoms with E-state index in [2.05, 4.69) is 10.00 Å². The molecule has 0 spiro atoms. The van der Waals surface area contributed by atoms with Gasteiger partial charge in [-0.1, -0.05) is 0 Å². The summed E-state index contributed by atoms with van der Waals surface area (Å²) in [6.45, 7) is 4.36. The van der Waals surface area contributed by atoms with E-state index in [1.807, 2.05) is 27.9 Å². The Bertz CT molecular complexity index is 916. The van der Waals surface area contributed by atoms with Crippen molar-refractivity contribution in [2.24, 2.45) is 5.92 Å². The molecule has 1 aromatic carbocycles. The lowest BCUT2D eigenvalue weighted by Gasteiger charge is -2.35. The Morgan fingerprint density at radius 1 is 1.10 bits per heavy atom. The third-order valence-electron chi connectivity index (χ3n) is 6.95. The Morgan fingerprint density at radius 2 is 1.97 bits per heavy atom. The van der Waals surface area contributed by atoms with Crippen LogP contribution in [0.2, 0.25) is 0 Å². The van der Waals surface area contributed by atoms with Crippen LogP contribution in [-0.2, 0) is 9.53 Å². The highest BCUT2D eigenvalue weighted by atomic mass is 19.1. The zero-order valence-electron chi connectivity index (χ0n) is 18.0. The van der Waals surface area contributed by atoms with E-state index in [1.165, 1.54) is 0 Å². The van der Waals surface area contributed by atoms with Crippen molar-refractivity contribution in [2.45, 2.75) is 51.2 Å². The molecule has 1 unspecified atom stereocenters. The van der Waals surface area contributed by atoms with Gasteiger partial charge < -0.3 is 14.5 Å². The zero-order chi connectivity index (χ0) is 21.2. The molecule has 0 bridgehead atoms. The molecule has 4 heterocycles. The minimum absolute atomic E-state index is 0.0398. The lowest BCUT2D eigenvalue weighted by molar-refractivity contribution is -0.128. The number of ether oxygens (including phenoxy) is 1. The molecule has 0 aliphatic carbocycles. The van der Waals surface area contributed by atoms with Crippen molar-refractivity contribution in [2.75, 3.05) is 37.7 Å². The van der Waals surface area contributed by atoms with Crippen molar-refractivity contribution in [3.63, 3.8) is 0 Å². The number of piperidine rings is 1. The standard InChI is InChI=1S/C24H31FN4O2/c25-22-14-20(27-11-8-18(9-12-27)16-28-10-3-4-23(28)30)6-7-21(22)19-15-26-29(17-19)24-5-1-2-13-31-24/h6-7,14-15,17-18,24H,1-5,8-13,16H2. The first-order chi connectivity index (χ1) is 15.2. The highest BCUT2D eigenvalue weighted by molar-refractivity contribution is 5.78. The Kier molecular flexibility index (Phi) is 5.94. The summed E-state index contributed by atoms with van der Waals surface area (Å²) in [5, 5.41) is 4.41. The third-order valence-corrected chi connectivity index (χ3v) is 6.95. The van der Waals surface area contributed by atoms with E-state index in [0.717, 1.165) is 82.6 Å². The monoisotopic (exact) mass is 426 g/mol. The Balaban J connectivity index is 1.21. The number of hydrogen-bond donors (Lipinski definition) is 0. The van der Waals surface area contributed by atoms with Gasteiger partial charge in [0.05, 0.1) is 6.20 Å². The predicted molar refractivity (Wildman–Crippen MR) is 117 cm³/mol. The number of anilines is 1. The topological polar surface area (TPSA) is 50.6 Å². The molecule has 5 rings (SSSR count). The number of carbonyl (C=O) groups excluding carboxylic acids is 1. The number of benzene rings is 1. The van der Waals surface area contributed by atoms with Crippen LogP contribution < -0.4 is 4.90 Å². The lowest BCUT2D eigenvalue weighted by atomic mass is 9.95. The summed E-state index contributed by atoms with van der Waals surface area (Å²) in [5.74, 6) is 0.639. The minimum Gasteiger partial charge on any atom is -0.371 e. The Hall–Kier alpha value is -2.41. The van der Waals surface area contributed by atoms with Gasteiger partial charge in [0.15, 0.2) is 0 Å². The molecule has 0 N–H and O–H groups in total. The Labute approximate surface area is 183 Å². The summed E-state index contributed by atoms with van der Waals surface area (Å²) in [6, 6.07) is 5.52. The molecule has 3 saturated heterocycles. The summed E-state index contributed by atoms with van der Waals surface area (Å²) in [7, 11) is 0. The molecule has 166 valence electrons. The molecule has 3 aliphatic heterocycles. The van der Waals surface area contributed by atoms with Crippen molar-refractivity contribution >= 4 is 11.6 Å². The van der Waals surface area contributed by atoms with E-state index < -0.39 is 0 Å². The molecule has 3 aliphatic rings. The molecule has 31 heavy (non-hydrogen) atoms. The Morgan fingerprint density at radius 3 is 2.68 bits per heavy atom. The number of hydrogen-bond acceptors (Lipinski definition) is 4. The van der Waals surface area contributed by atoms with Crippen molar-refractivity contribution < 1.29 is 13.9 Å². The van der Waals surface area contributed by atoms with Gasteiger partial charge in [-0.15, -0.1) is 0 Å². The average Bonchev–Trinajstić information content (AvgIpc) is 3.44. The molecular formula is C24H31FN4O2. The van der Waals surface area contributed by atoms with E-state index in [1.54, 1.807) is 12.3 Å². The number of likely N-dealkylation sites (tertiary alicyclic amines) is 1. The van der Waals surface area contributed by atoms with Crippen LogP contribution in [0.5, 0.6) is 0 Å². The normalized spacial score (nSPS) is 23.0. The second-order valence-corrected chi connectivity index (χ2v) is 9.07. The van der Waals surface area contributed by atoms with Crippen LogP contribution in [0.1, 0.15) is 51.2 Å². The SMILES string of the molecule is O=C1CCCN1CC1CCN(c2ccc(-c3cnn(C4CCCCO4)c3)c(F)c2)CC1. The van der Waals surface area contributed by atoms with E-state index in [4.69, 9.17) is 4.74 Å². The second kappa shape index (κ2) is 8.99. The fourth-order valence-corrected chi connectivity index (χ4v) is 5.08. The summed E-state index contributed by atoms with van der Waals surface area (Å²) >= 11 is 0. The maximum Gasteiger partial charge on any atom is 0.222 e. The van der Waals surface area contributed by atoms with E-state index >= 15 is 0 Å².